The van der Waals surface area contributed by atoms with Crippen molar-refractivity contribution in [2.75, 3.05) is 26.7 Å². The van der Waals surface area contributed by atoms with Crippen molar-refractivity contribution in [3.05, 3.63) is 0 Å². The van der Waals surface area contributed by atoms with Crippen LogP contribution in [-0.4, -0.2) is 42.4 Å². The standard InChI is InChI=1S/C8H16NO/c1-9-4-2-7(3-5-9)8(10)6-9/h7-8,10H,2-6H2,1H3/q+1. The molecule has 2 heteroatoms. The van der Waals surface area contributed by atoms with Gasteiger partial charge in [-0.25, -0.2) is 0 Å². The van der Waals surface area contributed by atoms with Crippen LogP contribution in [0.2, 0.25) is 0 Å². The van der Waals surface area contributed by atoms with E-state index >= 15 is 0 Å². The zero-order valence-electron chi connectivity index (χ0n) is 6.58. The second-order valence-electron chi connectivity index (χ2n) is 4.15. The maximum atomic E-state index is 9.55. The van der Waals surface area contributed by atoms with Gasteiger partial charge in [0.05, 0.1) is 20.1 Å². The van der Waals surface area contributed by atoms with Gasteiger partial charge >= 0.3 is 0 Å². The minimum absolute atomic E-state index is 0.00694. The number of likely N-dealkylation sites (N-methyl/N-ethyl adjacent to an activating group) is 1. The van der Waals surface area contributed by atoms with Gasteiger partial charge in [0.1, 0.15) is 12.6 Å². The molecule has 0 radical (unpaired) electrons. The van der Waals surface area contributed by atoms with Crippen molar-refractivity contribution in [2.24, 2.45) is 5.92 Å². The third-order valence-corrected chi connectivity index (χ3v) is 3.25. The van der Waals surface area contributed by atoms with E-state index < -0.39 is 0 Å². The Morgan fingerprint density at radius 1 is 1.30 bits per heavy atom. The van der Waals surface area contributed by atoms with Crippen molar-refractivity contribution >= 4 is 0 Å². The molecule has 0 aliphatic carbocycles. The zero-order chi connectivity index (χ0) is 7.19. The highest BCUT2D eigenvalue weighted by molar-refractivity contribution is 4.78. The molecule has 3 fully saturated rings. The Morgan fingerprint density at radius 2 is 1.90 bits per heavy atom. The minimum atomic E-state index is 0.00694. The summed E-state index contributed by atoms with van der Waals surface area (Å²) in [5.41, 5.74) is 0. The van der Waals surface area contributed by atoms with Gasteiger partial charge in [0, 0.05) is 18.8 Å². The summed E-state index contributed by atoms with van der Waals surface area (Å²) >= 11 is 0. The Morgan fingerprint density at radius 3 is 2.20 bits per heavy atom. The van der Waals surface area contributed by atoms with E-state index in [1.165, 1.54) is 25.9 Å². The average Bonchev–Trinajstić information content (AvgIpc) is 1.87. The Balaban J connectivity index is 2.14. The van der Waals surface area contributed by atoms with Gasteiger partial charge in [-0.05, 0) is 0 Å². The summed E-state index contributed by atoms with van der Waals surface area (Å²) in [6.45, 7) is 3.59. The van der Waals surface area contributed by atoms with E-state index in [0.717, 1.165) is 11.0 Å². The van der Waals surface area contributed by atoms with Crippen molar-refractivity contribution in [1.82, 2.24) is 0 Å². The first-order chi connectivity index (χ1) is 4.70. The summed E-state index contributed by atoms with van der Waals surface area (Å²) < 4.78 is 1.12. The molecule has 0 aromatic carbocycles. The lowest BCUT2D eigenvalue weighted by atomic mass is 9.84. The molecule has 3 aliphatic heterocycles. The Labute approximate surface area is 62.0 Å². The van der Waals surface area contributed by atoms with Crippen LogP contribution in [0.3, 0.4) is 0 Å². The maximum Gasteiger partial charge on any atom is 0.106 e. The molecule has 2 bridgehead atoms. The summed E-state index contributed by atoms with van der Waals surface area (Å²) in [4.78, 5) is 0. The summed E-state index contributed by atoms with van der Waals surface area (Å²) in [5, 5.41) is 9.55. The number of quaternary nitrogens is 1. The SMILES string of the molecule is C[N+]12CCC(CC1)C(O)C2. The average molecular weight is 142 g/mol. The highest BCUT2D eigenvalue weighted by Crippen LogP contribution is 2.31. The molecular weight excluding hydrogens is 126 g/mol. The molecule has 0 saturated carbocycles. The predicted molar refractivity (Wildman–Crippen MR) is 39.5 cm³/mol. The molecule has 1 unspecified atom stereocenters. The molecule has 0 aromatic heterocycles. The third kappa shape index (κ3) is 0.867. The van der Waals surface area contributed by atoms with Gasteiger partial charge in [0.25, 0.3) is 0 Å². The van der Waals surface area contributed by atoms with Crippen LogP contribution in [0.4, 0.5) is 0 Å². The minimum Gasteiger partial charge on any atom is -0.387 e. The van der Waals surface area contributed by atoms with Crippen LogP contribution in [0, 0.1) is 5.92 Å². The quantitative estimate of drug-likeness (QED) is 0.480. The van der Waals surface area contributed by atoms with E-state index in [1.54, 1.807) is 0 Å². The number of nitrogens with zero attached hydrogens (tertiary/aromatic N) is 1. The first-order valence-electron chi connectivity index (χ1n) is 4.21. The van der Waals surface area contributed by atoms with E-state index in [0.29, 0.717) is 5.92 Å². The highest BCUT2D eigenvalue weighted by atomic mass is 16.3. The van der Waals surface area contributed by atoms with E-state index in [2.05, 4.69) is 7.05 Å². The molecule has 3 aliphatic rings. The van der Waals surface area contributed by atoms with Gasteiger partial charge in [0.2, 0.25) is 0 Å². The van der Waals surface area contributed by atoms with E-state index in [-0.39, 0.29) is 6.10 Å². The first kappa shape index (κ1) is 6.62. The van der Waals surface area contributed by atoms with E-state index in [9.17, 15) is 5.11 Å². The van der Waals surface area contributed by atoms with Gasteiger partial charge in [-0.15, -0.1) is 0 Å². The highest BCUT2D eigenvalue weighted by Gasteiger charge is 2.42. The molecule has 3 rings (SSSR count). The summed E-state index contributed by atoms with van der Waals surface area (Å²) in [6, 6.07) is 0. The molecular formula is C8H16NO+. The Hall–Kier alpha value is -0.0800. The molecule has 0 aromatic rings. The number of fused-ring (bicyclic) bond motifs is 3. The number of aliphatic hydroxyl groups excluding tert-OH is 1. The summed E-state index contributed by atoms with van der Waals surface area (Å²) in [6.07, 6.45) is 2.50. The number of hydrogen-bond donors (Lipinski definition) is 1. The fourth-order valence-corrected chi connectivity index (χ4v) is 2.38. The van der Waals surface area contributed by atoms with Crippen molar-refractivity contribution in [2.45, 2.75) is 18.9 Å². The van der Waals surface area contributed by atoms with Crippen LogP contribution in [0.5, 0.6) is 0 Å². The van der Waals surface area contributed by atoms with Crippen molar-refractivity contribution < 1.29 is 9.59 Å². The second kappa shape index (κ2) is 1.95. The topological polar surface area (TPSA) is 20.2 Å². The summed E-state index contributed by atoms with van der Waals surface area (Å²) in [5.74, 6) is 0.639. The van der Waals surface area contributed by atoms with Crippen molar-refractivity contribution in [3.8, 4) is 0 Å². The monoisotopic (exact) mass is 142 g/mol. The molecule has 0 amide bonds. The molecule has 2 nitrogen and oxygen atoms in total. The number of rotatable bonds is 0. The van der Waals surface area contributed by atoms with Crippen LogP contribution < -0.4 is 0 Å². The summed E-state index contributed by atoms with van der Waals surface area (Å²) in [7, 11) is 2.26. The molecule has 10 heavy (non-hydrogen) atoms. The largest absolute Gasteiger partial charge is 0.387 e. The fourth-order valence-electron chi connectivity index (χ4n) is 2.38. The van der Waals surface area contributed by atoms with Crippen LogP contribution in [0.1, 0.15) is 12.8 Å². The van der Waals surface area contributed by atoms with E-state index in [1.807, 2.05) is 0 Å². The first-order valence-corrected chi connectivity index (χ1v) is 4.21. The Kier molecular flexibility index (Phi) is 1.29. The van der Waals surface area contributed by atoms with Crippen LogP contribution >= 0.6 is 0 Å². The second-order valence-corrected chi connectivity index (χ2v) is 4.15. The fraction of sp³-hybridized carbons (Fsp3) is 1.00. The molecule has 3 heterocycles. The number of piperidine rings is 3. The van der Waals surface area contributed by atoms with Crippen LogP contribution in [-0.2, 0) is 0 Å². The lowest BCUT2D eigenvalue weighted by Crippen LogP contribution is -2.61. The van der Waals surface area contributed by atoms with Crippen LogP contribution in [0.25, 0.3) is 0 Å². The molecule has 1 atom stereocenters. The maximum absolute atomic E-state index is 9.55. The number of hydrogen-bond acceptors (Lipinski definition) is 1. The smallest absolute Gasteiger partial charge is 0.106 e. The lowest BCUT2D eigenvalue weighted by molar-refractivity contribution is -0.928. The molecule has 58 valence electrons. The molecule has 1 N–H and O–H groups in total. The van der Waals surface area contributed by atoms with Crippen molar-refractivity contribution in [1.29, 1.82) is 0 Å². The van der Waals surface area contributed by atoms with Gasteiger partial charge in [-0.3, -0.25) is 0 Å². The molecule has 3 saturated heterocycles. The number of aliphatic hydroxyl groups is 1. The lowest BCUT2D eigenvalue weighted by Gasteiger charge is -2.48. The normalized spacial score (nSPS) is 53.4. The van der Waals surface area contributed by atoms with Crippen molar-refractivity contribution in [3.63, 3.8) is 0 Å². The van der Waals surface area contributed by atoms with Crippen LogP contribution in [0.15, 0.2) is 0 Å². The molecule has 0 spiro atoms. The van der Waals surface area contributed by atoms with Gasteiger partial charge in [-0.2, -0.15) is 0 Å². The predicted octanol–water partition coefficient (Wildman–Crippen LogP) is 0.218. The van der Waals surface area contributed by atoms with E-state index in [4.69, 9.17) is 0 Å². The zero-order valence-corrected chi connectivity index (χ0v) is 6.58. The van der Waals surface area contributed by atoms with Gasteiger partial charge in [-0.1, -0.05) is 0 Å². The van der Waals surface area contributed by atoms with Gasteiger partial charge < -0.3 is 9.59 Å². The van der Waals surface area contributed by atoms with Gasteiger partial charge in [0.15, 0.2) is 0 Å². The third-order valence-electron chi connectivity index (χ3n) is 3.25. The Bertz CT molecular complexity index is 138.